The van der Waals surface area contributed by atoms with Gasteiger partial charge in [0, 0.05) is 23.2 Å². The van der Waals surface area contributed by atoms with Crippen molar-refractivity contribution in [3.8, 4) is 0 Å². The van der Waals surface area contributed by atoms with Gasteiger partial charge in [-0.3, -0.25) is 4.98 Å². The highest BCUT2D eigenvalue weighted by atomic mass is 32.1. The smallest absolute Gasteiger partial charge is 0.0937 e. The molecule has 2 rings (SSSR count). The highest BCUT2D eigenvalue weighted by Gasteiger charge is 2.09. The Balaban J connectivity index is 2.06. The van der Waals surface area contributed by atoms with E-state index in [4.69, 9.17) is 0 Å². The molecule has 1 atom stereocenters. The highest BCUT2D eigenvalue weighted by molar-refractivity contribution is 7.10. The third kappa shape index (κ3) is 2.64. The monoisotopic (exact) mass is 219 g/mol. The van der Waals surface area contributed by atoms with Crippen LogP contribution in [0.3, 0.4) is 0 Å². The van der Waals surface area contributed by atoms with E-state index in [0.717, 1.165) is 16.1 Å². The zero-order valence-corrected chi connectivity index (χ0v) is 9.37. The second-order valence-electron chi connectivity index (χ2n) is 3.56. The maximum absolute atomic E-state index is 9.90. The first-order chi connectivity index (χ1) is 7.25. The molecule has 2 nitrogen and oxygen atoms in total. The number of hydrogen-bond acceptors (Lipinski definition) is 3. The largest absolute Gasteiger partial charge is 0.387 e. The van der Waals surface area contributed by atoms with Crippen LogP contribution in [0.4, 0.5) is 0 Å². The van der Waals surface area contributed by atoms with Gasteiger partial charge in [0.05, 0.1) is 6.10 Å². The number of pyridine rings is 1. The first-order valence-electron chi connectivity index (χ1n) is 4.89. The van der Waals surface area contributed by atoms with Crippen LogP contribution in [0.15, 0.2) is 35.8 Å². The Bertz CT molecular complexity index is 408. The molecule has 0 bridgehead atoms. The normalized spacial score (nSPS) is 12.7. The van der Waals surface area contributed by atoms with Crippen LogP contribution in [0.5, 0.6) is 0 Å². The predicted molar refractivity (Wildman–Crippen MR) is 62.0 cm³/mol. The predicted octanol–water partition coefficient (Wildman–Crippen LogP) is 2.73. The second-order valence-corrected chi connectivity index (χ2v) is 4.54. The SMILES string of the molecule is Cc1ccc(CC(O)c2cccs2)nc1. The van der Waals surface area contributed by atoms with E-state index in [1.54, 1.807) is 11.3 Å². The van der Waals surface area contributed by atoms with Gasteiger partial charge >= 0.3 is 0 Å². The summed E-state index contributed by atoms with van der Waals surface area (Å²) < 4.78 is 0. The van der Waals surface area contributed by atoms with Crippen LogP contribution in [0.25, 0.3) is 0 Å². The number of rotatable bonds is 3. The van der Waals surface area contributed by atoms with Gasteiger partial charge in [0.2, 0.25) is 0 Å². The van der Waals surface area contributed by atoms with E-state index in [-0.39, 0.29) is 0 Å². The molecule has 1 unspecified atom stereocenters. The summed E-state index contributed by atoms with van der Waals surface area (Å²) in [5, 5.41) is 11.9. The van der Waals surface area contributed by atoms with Crippen LogP contribution < -0.4 is 0 Å². The van der Waals surface area contributed by atoms with Crippen LogP contribution in [0, 0.1) is 6.92 Å². The Morgan fingerprint density at radius 2 is 2.27 bits per heavy atom. The summed E-state index contributed by atoms with van der Waals surface area (Å²) in [5.41, 5.74) is 2.07. The fraction of sp³-hybridized carbons (Fsp3) is 0.250. The summed E-state index contributed by atoms with van der Waals surface area (Å²) in [6, 6.07) is 7.88. The third-order valence-electron chi connectivity index (χ3n) is 2.25. The zero-order valence-electron chi connectivity index (χ0n) is 8.55. The maximum atomic E-state index is 9.90. The van der Waals surface area contributed by atoms with Crippen molar-refractivity contribution < 1.29 is 5.11 Å². The van der Waals surface area contributed by atoms with E-state index in [9.17, 15) is 5.11 Å². The van der Waals surface area contributed by atoms with E-state index in [1.807, 2.05) is 42.8 Å². The summed E-state index contributed by atoms with van der Waals surface area (Å²) in [6.45, 7) is 2.01. The Morgan fingerprint density at radius 3 is 2.87 bits per heavy atom. The minimum absolute atomic E-state index is 0.430. The average Bonchev–Trinajstić information content (AvgIpc) is 2.74. The van der Waals surface area contributed by atoms with Gasteiger partial charge in [-0.25, -0.2) is 0 Å². The molecule has 2 heterocycles. The molecule has 0 aliphatic heterocycles. The molecule has 0 aliphatic carbocycles. The zero-order chi connectivity index (χ0) is 10.7. The van der Waals surface area contributed by atoms with Crippen molar-refractivity contribution in [1.29, 1.82) is 0 Å². The van der Waals surface area contributed by atoms with Crippen LogP contribution >= 0.6 is 11.3 Å². The van der Waals surface area contributed by atoms with Gasteiger partial charge in [-0.2, -0.15) is 0 Å². The topological polar surface area (TPSA) is 33.1 Å². The number of thiophene rings is 1. The molecule has 0 radical (unpaired) electrons. The Morgan fingerprint density at radius 1 is 1.40 bits per heavy atom. The van der Waals surface area contributed by atoms with Crippen LogP contribution in [-0.2, 0) is 6.42 Å². The maximum Gasteiger partial charge on any atom is 0.0937 e. The van der Waals surface area contributed by atoms with Crippen molar-refractivity contribution in [3.63, 3.8) is 0 Å². The van der Waals surface area contributed by atoms with E-state index >= 15 is 0 Å². The number of hydrogen-bond donors (Lipinski definition) is 1. The first kappa shape index (κ1) is 10.3. The number of aliphatic hydroxyl groups excluding tert-OH is 1. The average molecular weight is 219 g/mol. The molecule has 3 heteroatoms. The molecule has 1 N–H and O–H groups in total. The molecular formula is C12H13NOS. The van der Waals surface area contributed by atoms with Gasteiger partial charge in [0.1, 0.15) is 0 Å². The fourth-order valence-electron chi connectivity index (χ4n) is 1.40. The van der Waals surface area contributed by atoms with Crippen molar-refractivity contribution in [2.24, 2.45) is 0 Å². The summed E-state index contributed by atoms with van der Waals surface area (Å²) in [6.07, 6.45) is 1.98. The van der Waals surface area contributed by atoms with Crippen LogP contribution in [0.2, 0.25) is 0 Å². The second kappa shape index (κ2) is 4.55. The molecule has 0 spiro atoms. The number of nitrogens with zero attached hydrogens (tertiary/aromatic N) is 1. The van der Waals surface area contributed by atoms with Crippen LogP contribution in [-0.4, -0.2) is 10.1 Å². The highest BCUT2D eigenvalue weighted by Crippen LogP contribution is 2.21. The molecule has 0 saturated heterocycles. The minimum Gasteiger partial charge on any atom is -0.387 e. The lowest BCUT2D eigenvalue weighted by atomic mass is 10.1. The van der Waals surface area contributed by atoms with Gasteiger partial charge < -0.3 is 5.11 Å². The molecule has 78 valence electrons. The molecule has 15 heavy (non-hydrogen) atoms. The van der Waals surface area contributed by atoms with E-state index in [0.29, 0.717) is 6.42 Å². The van der Waals surface area contributed by atoms with Crippen molar-refractivity contribution >= 4 is 11.3 Å². The van der Waals surface area contributed by atoms with Crippen molar-refractivity contribution in [2.75, 3.05) is 0 Å². The first-order valence-corrected chi connectivity index (χ1v) is 5.76. The van der Waals surface area contributed by atoms with E-state index in [2.05, 4.69) is 4.98 Å². The minimum atomic E-state index is -0.430. The van der Waals surface area contributed by atoms with Gasteiger partial charge in [0.15, 0.2) is 0 Å². The summed E-state index contributed by atoms with van der Waals surface area (Å²) >= 11 is 1.58. The molecular weight excluding hydrogens is 206 g/mol. The number of aromatic nitrogens is 1. The lowest BCUT2D eigenvalue weighted by molar-refractivity contribution is 0.181. The number of aryl methyl sites for hydroxylation is 1. The standard InChI is InChI=1S/C12H13NOS/c1-9-4-5-10(13-8-9)7-11(14)12-3-2-6-15-12/h2-6,8,11,14H,7H2,1H3. The number of aliphatic hydroxyl groups is 1. The molecule has 0 aliphatic rings. The van der Waals surface area contributed by atoms with Crippen molar-refractivity contribution in [2.45, 2.75) is 19.4 Å². The Labute approximate surface area is 93.2 Å². The molecule has 0 saturated carbocycles. The lowest BCUT2D eigenvalue weighted by Crippen LogP contribution is -2.01. The quantitative estimate of drug-likeness (QED) is 0.861. The lowest BCUT2D eigenvalue weighted by Gasteiger charge is -2.07. The Kier molecular flexibility index (Phi) is 3.14. The summed E-state index contributed by atoms with van der Waals surface area (Å²) in [5.74, 6) is 0. The molecule has 0 fully saturated rings. The van der Waals surface area contributed by atoms with E-state index in [1.165, 1.54) is 0 Å². The fourth-order valence-corrected chi connectivity index (χ4v) is 2.11. The van der Waals surface area contributed by atoms with Crippen molar-refractivity contribution in [1.82, 2.24) is 4.98 Å². The molecule has 2 aromatic rings. The van der Waals surface area contributed by atoms with Gasteiger partial charge in [-0.15, -0.1) is 11.3 Å². The molecule has 0 aromatic carbocycles. The van der Waals surface area contributed by atoms with Crippen LogP contribution in [0.1, 0.15) is 22.2 Å². The summed E-state index contributed by atoms with van der Waals surface area (Å²) in [7, 11) is 0. The molecule has 2 aromatic heterocycles. The van der Waals surface area contributed by atoms with Gasteiger partial charge in [-0.1, -0.05) is 12.1 Å². The van der Waals surface area contributed by atoms with Crippen molar-refractivity contribution in [3.05, 3.63) is 52.0 Å². The van der Waals surface area contributed by atoms with Gasteiger partial charge in [-0.05, 0) is 30.0 Å². The Hall–Kier alpha value is -1.19. The summed E-state index contributed by atoms with van der Waals surface area (Å²) in [4.78, 5) is 5.27. The molecule has 0 amide bonds. The van der Waals surface area contributed by atoms with E-state index < -0.39 is 6.10 Å². The third-order valence-corrected chi connectivity index (χ3v) is 3.22. The van der Waals surface area contributed by atoms with Gasteiger partial charge in [0.25, 0.3) is 0 Å².